The lowest BCUT2D eigenvalue weighted by atomic mass is 10.1. The highest BCUT2D eigenvalue weighted by atomic mass is 35.5. The molecule has 0 atom stereocenters. The Morgan fingerprint density at radius 3 is 2.29 bits per heavy atom. The second-order valence-electron chi connectivity index (χ2n) is 4.29. The monoisotopic (exact) mass is 321 g/mol. The van der Waals surface area contributed by atoms with Crippen LogP contribution in [0.2, 0.25) is 5.02 Å². The Kier molecular flexibility index (Phi) is 4.37. The van der Waals surface area contributed by atoms with E-state index in [1.54, 1.807) is 0 Å². The molecule has 1 nitrogen and oxygen atoms in total. The molecular weight excluding hydrogens is 313 g/mol. The first-order valence-electron chi connectivity index (χ1n) is 5.82. The lowest BCUT2D eigenvalue weighted by Crippen LogP contribution is -2.08. The largest absolute Gasteiger partial charge is 0.416 e. The summed E-state index contributed by atoms with van der Waals surface area (Å²) in [5.41, 5.74) is -0.845. The van der Waals surface area contributed by atoms with E-state index in [4.69, 9.17) is 11.6 Å². The Labute approximate surface area is 122 Å². The molecule has 2 aromatic rings. The van der Waals surface area contributed by atoms with E-state index in [0.29, 0.717) is 17.7 Å². The van der Waals surface area contributed by atoms with Gasteiger partial charge in [-0.2, -0.15) is 13.2 Å². The number of nitrogens with one attached hydrogen (secondary N) is 1. The van der Waals surface area contributed by atoms with Crippen molar-refractivity contribution in [1.82, 2.24) is 0 Å². The van der Waals surface area contributed by atoms with Gasteiger partial charge in [-0.3, -0.25) is 0 Å². The first-order chi connectivity index (χ1) is 9.77. The Morgan fingerprint density at radius 1 is 0.952 bits per heavy atom. The molecule has 1 N–H and O–H groups in total. The van der Waals surface area contributed by atoms with E-state index >= 15 is 0 Å². The van der Waals surface area contributed by atoms with E-state index < -0.39 is 23.4 Å². The van der Waals surface area contributed by atoms with Crippen molar-refractivity contribution >= 4 is 17.3 Å². The summed E-state index contributed by atoms with van der Waals surface area (Å²) in [7, 11) is 0. The van der Waals surface area contributed by atoms with E-state index in [-0.39, 0.29) is 17.3 Å². The molecule has 2 rings (SSSR count). The van der Waals surface area contributed by atoms with Crippen molar-refractivity contribution in [3.05, 3.63) is 64.2 Å². The number of halogens is 6. The van der Waals surface area contributed by atoms with Crippen molar-refractivity contribution in [1.29, 1.82) is 0 Å². The zero-order valence-corrected chi connectivity index (χ0v) is 11.2. The highest BCUT2D eigenvalue weighted by Crippen LogP contribution is 2.32. The van der Waals surface area contributed by atoms with Gasteiger partial charge in [0.1, 0.15) is 11.6 Å². The number of benzene rings is 2. The van der Waals surface area contributed by atoms with Crippen molar-refractivity contribution in [2.24, 2.45) is 0 Å². The molecular formula is C14H9ClF5N. The summed E-state index contributed by atoms with van der Waals surface area (Å²) in [4.78, 5) is 0. The van der Waals surface area contributed by atoms with Crippen LogP contribution < -0.4 is 5.32 Å². The van der Waals surface area contributed by atoms with Crippen LogP contribution >= 0.6 is 11.6 Å². The standard InChI is InChI=1S/C14H9ClF5N/c15-10-3-1-8(5-12(10)17)7-21-13-6-9(14(18,19)20)2-4-11(13)16/h1-6,21H,7H2. The molecule has 0 saturated carbocycles. The van der Waals surface area contributed by atoms with Crippen LogP contribution in [0.1, 0.15) is 11.1 Å². The molecule has 21 heavy (non-hydrogen) atoms. The number of anilines is 1. The molecule has 112 valence electrons. The SMILES string of the molecule is Fc1cc(CNc2cc(C(F)(F)F)ccc2F)ccc1Cl. The summed E-state index contributed by atoms with van der Waals surface area (Å²) in [6.07, 6.45) is -4.56. The topological polar surface area (TPSA) is 12.0 Å². The van der Waals surface area contributed by atoms with Crippen LogP contribution in [0.3, 0.4) is 0 Å². The van der Waals surface area contributed by atoms with Gasteiger partial charge in [0.05, 0.1) is 16.3 Å². The van der Waals surface area contributed by atoms with Gasteiger partial charge in [0.15, 0.2) is 0 Å². The third-order valence-corrected chi connectivity index (χ3v) is 3.07. The average molecular weight is 322 g/mol. The zero-order valence-electron chi connectivity index (χ0n) is 10.4. The normalized spacial score (nSPS) is 11.5. The molecule has 0 unspecified atom stereocenters. The summed E-state index contributed by atoms with van der Waals surface area (Å²) in [5, 5.41) is 2.44. The van der Waals surface area contributed by atoms with Crippen LogP contribution in [0.15, 0.2) is 36.4 Å². The fourth-order valence-electron chi connectivity index (χ4n) is 1.68. The van der Waals surface area contributed by atoms with E-state index in [9.17, 15) is 22.0 Å². The minimum absolute atomic E-state index is 0.0354. The third-order valence-electron chi connectivity index (χ3n) is 2.76. The highest BCUT2D eigenvalue weighted by Gasteiger charge is 2.31. The predicted molar refractivity (Wildman–Crippen MR) is 70.1 cm³/mol. The van der Waals surface area contributed by atoms with Crippen LogP contribution in [0.4, 0.5) is 27.6 Å². The minimum atomic E-state index is -4.56. The van der Waals surface area contributed by atoms with Crippen molar-refractivity contribution in [3.63, 3.8) is 0 Å². The molecule has 0 amide bonds. The van der Waals surface area contributed by atoms with Gasteiger partial charge in [-0.1, -0.05) is 17.7 Å². The van der Waals surface area contributed by atoms with Crippen molar-refractivity contribution in [2.45, 2.75) is 12.7 Å². The molecule has 7 heteroatoms. The molecule has 0 aliphatic carbocycles. The van der Waals surface area contributed by atoms with Gasteiger partial charge in [0.2, 0.25) is 0 Å². The molecule has 0 fully saturated rings. The Bertz CT molecular complexity index is 654. The van der Waals surface area contributed by atoms with Gasteiger partial charge in [-0.15, -0.1) is 0 Å². The fourth-order valence-corrected chi connectivity index (χ4v) is 1.80. The molecule has 2 aromatic carbocycles. The van der Waals surface area contributed by atoms with Crippen molar-refractivity contribution in [2.75, 3.05) is 5.32 Å². The summed E-state index contributed by atoms with van der Waals surface area (Å²) < 4.78 is 64.3. The number of alkyl halides is 3. The molecule has 0 radical (unpaired) electrons. The van der Waals surface area contributed by atoms with Gasteiger partial charge in [-0.25, -0.2) is 8.78 Å². The second-order valence-corrected chi connectivity index (χ2v) is 4.70. The van der Waals surface area contributed by atoms with Crippen LogP contribution in [0.5, 0.6) is 0 Å². The first-order valence-corrected chi connectivity index (χ1v) is 6.20. The molecule has 0 heterocycles. The van der Waals surface area contributed by atoms with Crippen molar-refractivity contribution < 1.29 is 22.0 Å². The number of hydrogen-bond donors (Lipinski definition) is 1. The molecule has 0 bridgehead atoms. The van der Waals surface area contributed by atoms with Crippen LogP contribution in [-0.2, 0) is 12.7 Å². The summed E-state index contributed by atoms with van der Waals surface area (Å²) in [5.74, 6) is -1.47. The summed E-state index contributed by atoms with van der Waals surface area (Å²) in [6, 6.07) is 5.98. The minimum Gasteiger partial charge on any atom is -0.379 e. The zero-order chi connectivity index (χ0) is 15.6. The quantitative estimate of drug-likeness (QED) is 0.761. The van der Waals surface area contributed by atoms with Crippen LogP contribution in [0, 0.1) is 11.6 Å². The summed E-state index contributed by atoms with van der Waals surface area (Å²) in [6.45, 7) is -0.0354. The fraction of sp³-hybridized carbons (Fsp3) is 0.143. The van der Waals surface area contributed by atoms with E-state index in [1.807, 2.05) is 0 Å². The smallest absolute Gasteiger partial charge is 0.379 e. The molecule has 0 aliphatic heterocycles. The molecule has 0 saturated heterocycles. The second kappa shape index (κ2) is 5.89. The van der Waals surface area contributed by atoms with E-state index in [0.717, 1.165) is 12.1 Å². The lowest BCUT2D eigenvalue weighted by Gasteiger charge is -2.12. The maximum Gasteiger partial charge on any atom is 0.416 e. The van der Waals surface area contributed by atoms with Crippen LogP contribution in [0.25, 0.3) is 0 Å². The number of rotatable bonds is 3. The van der Waals surface area contributed by atoms with Crippen molar-refractivity contribution in [3.8, 4) is 0 Å². The summed E-state index contributed by atoms with van der Waals surface area (Å²) >= 11 is 5.51. The molecule has 0 aromatic heterocycles. The van der Waals surface area contributed by atoms with Gasteiger partial charge in [0.25, 0.3) is 0 Å². The molecule has 0 aliphatic rings. The lowest BCUT2D eigenvalue weighted by molar-refractivity contribution is -0.137. The van der Waals surface area contributed by atoms with Gasteiger partial charge in [-0.05, 0) is 35.9 Å². The van der Waals surface area contributed by atoms with Gasteiger partial charge >= 0.3 is 6.18 Å². The number of hydrogen-bond acceptors (Lipinski definition) is 1. The Hall–Kier alpha value is -1.82. The Morgan fingerprint density at radius 2 is 1.67 bits per heavy atom. The van der Waals surface area contributed by atoms with Crippen LogP contribution in [-0.4, -0.2) is 0 Å². The third kappa shape index (κ3) is 3.85. The predicted octanol–water partition coefficient (Wildman–Crippen LogP) is 5.25. The highest BCUT2D eigenvalue weighted by molar-refractivity contribution is 6.30. The van der Waals surface area contributed by atoms with Gasteiger partial charge < -0.3 is 5.32 Å². The van der Waals surface area contributed by atoms with E-state index in [1.165, 1.54) is 12.1 Å². The maximum atomic E-state index is 13.5. The first kappa shape index (κ1) is 15.6. The molecule has 0 spiro atoms. The average Bonchev–Trinajstić information content (AvgIpc) is 2.40. The van der Waals surface area contributed by atoms with E-state index in [2.05, 4.69) is 5.32 Å². The Balaban J connectivity index is 2.17. The maximum absolute atomic E-state index is 13.5. The van der Waals surface area contributed by atoms with Gasteiger partial charge in [0, 0.05) is 6.54 Å².